The minimum atomic E-state index is -0.791. The van der Waals surface area contributed by atoms with Crippen LogP contribution >= 0.6 is 24.8 Å². The molecule has 1 heterocycles. The number of aryl methyl sites for hydroxylation is 2. The lowest BCUT2D eigenvalue weighted by Gasteiger charge is -2.23. The Balaban J connectivity index is 0.00000392. The largest absolute Gasteiger partial charge is 0.391 e. The molecule has 0 aliphatic rings. The van der Waals surface area contributed by atoms with E-state index in [2.05, 4.69) is 28.5 Å². The van der Waals surface area contributed by atoms with Crippen molar-refractivity contribution in [2.45, 2.75) is 65.1 Å². The molecule has 0 fully saturated rings. The quantitative estimate of drug-likeness (QED) is 0.639. The van der Waals surface area contributed by atoms with E-state index in [1.54, 1.807) is 18.3 Å². The van der Waals surface area contributed by atoms with Crippen LogP contribution in [-0.4, -0.2) is 33.7 Å². The van der Waals surface area contributed by atoms with E-state index in [-0.39, 0.29) is 42.7 Å². The molecule has 162 valence electrons. The predicted octanol–water partition coefficient (Wildman–Crippen LogP) is 3.54. The van der Waals surface area contributed by atoms with Crippen LogP contribution < -0.4 is 11.1 Å². The Bertz CT molecular complexity index is 807. The van der Waals surface area contributed by atoms with Crippen LogP contribution in [-0.2, 0) is 12.8 Å². The number of halogens is 2. The molecular weight excluding hydrogens is 409 g/mol. The number of benzene rings is 1. The van der Waals surface area contributed by atoms with E-state index in [0.717, 1.165) is 11.1 Å². The summed E-state index contributed by atoms with van der Waals surface area (Å²) in [5.74, 6) is -0.194. The van der Waals surface area contributed by atoms with Crippen LogP contribution in [0.25, 0.3) is 0 Å². The van der Waals surface area contributed by atoms with E-state index in [9.17, 15) is 9.90 Å². The number of nitrogens with two attached hydrogens (primary N) is 1. The Kier molecular flexibility index (Phi) is 10.8. The molecule has 5 nitrogen and oxygen atoms in total. The second kappa shape index (κ2) is 11.5. The van der Waals surface area contributed by atoms with Crippen LogP contribution in [0.2, 0.25) is 0 Å². The van der Waals surface area contributed by atoms with Crippen LogP contribution in [0.1, 0.15) is 53.5 Å². The zero-order valence-corrected chi connectivity index (χ0v) is 19.4. The minimum Gasteiger partial charge on any atom is -0.391 e. The Labute approximate surface area is 186 Å². The first kappa shape index (κ1) is 27.3. The molecule has 1 aromatic heterocycles. The molecule has 7 heteroatoms. The topological polar surface area (TPSA) is 88.2 Å². The first-order chi connectivity index (χ1) is 12.6. The summed E-state index contributed by atoms with van der Waals surface area (Å²) < 4.78 is 0. The van der Waals surface area contributed by atoms with Crippen LogP contribution in [0.15, 0.2) is 36.5 Å². The van der Waals surface area contributed by atoms with Crippen molar-refractivity contribution < 1.29 is 9.90 Å². The summed E-state index contributed by atoms with van der Waals surface area (Å²) >= 11 is 0. The Morgan fingerprint density at radius 2 is 1.83 bits per heavy atom. The molecule has 0 spiro atoms. The molecule has 0 bridgehead atoms. The van der Waals surface area contributed by atoms with Gasteiger partial charge in [0.05, 0.1) is 17.4 Å². The summed E-state index contributed by atoms with van der Waals surface area (Å²) in [6.45, 7) is 9.86. The highest BCUT2D eigenvalue weighted by Crippen LogP contribution is 2.16. The van der Waals surface area contributed by atoms with E-state index in [1.165, 1.54) is 5.56 Å². The van der Waals surface area contributed by atoms with Crippen molar-refractivity contribution in [3.05, 3.63) is 64.5 Å². The van der Waals surface area contributed by atoms with Crippen LogP contribution in [0.5, 0.6) is 0 Å². The number of carbonyl (C=O) groups is 1. The normalized spacial score (nSPS) is 12.9. The molecule has 4 N–H and O–H groups in total. The molecular formula is C22H33Cl2N3O2. The van der Waals surface area contributed by atoms with Crippen LogP contribution in [0, 0.1) is 13.8 Å². The number of nitrogens with one attached hydrogen (secondary N) is 1. The van der Waals surface area contributed by atoms with Gasteiger partial charge in [0.2, 0.25) is 0 Å². The molecule has 0 unspecified atom stereocenters. The van der Waals surface area contributed by atoms with Gasteiger partial charge in [-0.15, -0.1) is 24.8 Å². The van der Waals surface area contributed by atoms with Crippen molar-refractivity contribution in [3.8, 4) is 0 Å². The van der Waals surface area contributed by atoms with Gasteiger partial charge in [-0.25, -0.2) is 0 Å². The molecule has 1 aromatic carbocycles. The fourth-order valence-corrected chi connectivity index (χ4v) is 2.97. The summed E-state index contributed by atoms with van der Waals surface area (Å²) in [4.78, 5) is 16.9. The Morgan fingerprint density at radius 1 is 1.17 bits per heavy atom. The zero-order valence-electron chi connectivity index (χ0n) is 17.7. The average Bonchev–Trinajstić information content (AvgIpc) is 2.57. The number of aliphatic hydroxyl groups excluding tert-OH is 1. The molecule has 2 aromatic rings. The highest BCUT2D eigenvalue weighted by molar-refractivity contribution is 5.95. The number of amides is 1. The number of aromatic nitrogens is 1. The third-order valence-electron chi connectivity index (χ3n) is 4.48. The third kappa shape index (κ3) is 8.31. The van der Waals surface area contributed by atoms with Gasteiger partial charge in [-0.05, 0) is 64.3 Å². The van der Waals surface area contributed by atoms with Gasteiger partial charge in [0, 0.05) is 24.2 Å². The summed E-state index contributed by atoms with van der Waals surface area (Å²) in [6, 6.07) is 9.25. The van der Waals surface area contributed by atoms with Gasteiger partial charge >= 0.3 is 0 Å². The minimum absolute atomic E-state index is 0. The Hall–Kier alpha value is -1.66. The first-order valence-electron chi connectivity index (χ1n) is 9.33. The third-order valence-corrected chi connectivity index (χ3v) is 4.48. The number of hydrogen-bond donors (Lipinski definition) is 3. The summed E-state index contributed by atoms with van der Waals surface area (Å²) in [7, 11) is 0. The van der Waals surface area contributed by atoms with E-state index in [1.807, 2.05) is 34.6 Å². The first-order valence-corrected chi connectivity index (χ1v) is 9.33. The van der Waals surface area contributed by atoms with Gasteiger partial charge < -0.3 is 16.2 Å². The van der Waals surface area contributed by atoms with Gasteiger partial charge in [0.15, 0.2) is 0 Å². The second-order valence-electron chi connectivity index (χ2n) is 8.27. The van der Waals surface area contributed by atoms with Gasteiger partial charge in [-0.1, -0.05) is 23.8 Å². The summed E-state index contributed by atoms with van der Waals surface area (Å²) in [5.41, 5.74) is 10.4. The molecule has 2 rings (SSSR count). The van der Waals surface area contributed by atoms with Crippen molar-refractivity contribution >= 4 is 30.7 Å². The van der Waals surface area contributed by atoms with Crippen LogP contribution in [0.3, 0.4) is 0 Å². The molecule has 0 aliphatic heterocycles. The standard InChI is InChI=1S/C22H31N3O2.2ClH/c1-14-8-9-15(2)16(11-14)12-18(23)20(26)13-19-17(7-6-10-24-19)21(27)25-22(3,4)5;;/h6-11,18,20,26H,12-13,23H2,1-5H3,(H,25,27);2*1H/t18-,20+;;/m1../s1. The molecule has 0 saturated heterocycles. The maximum absolute atomic E-state index is 12.5. The number of pyridine rings is 1. The number of rotatable bonds is 6. The molecule has 0 aliphatic carbocycles. The van der Waals surface area contributed by atoms with E-state index in [0.29, 0.717) is 17.7 Å². The predicted molar refractivity (Wildman–Crippen MR) is 123 cm³/mol. The maximum atomic E-state index is 12.5. The SMILES string of the molecule is Cc1ccc(C)c(C[C@@H](N)[C@@H](O)Cc2ncccc2C(=O)NC(C)(C)C)c1.Cl.Cl. The van der Waals surface area contributed by atoms with Gasteiger partial charge in [0.1, 0.15) is 0 Å². The van der Waals surface area contributed by atoms with Crippen molar-refractivity contribution in [2.24, 2.45) is 5.73 Å². The summed E-state index contributed by atoms with van der Waals surface area (Å²) in [6.07, 6.45) is 1.65. The van der Waals surface area contributed by atoms with Crippen molar-refractivity contribution in [1.29, 1.82) is 0 Å². The van der Waals surface area contributed by atoms with E-state index in [4.69, 9.17) is 5.73 Å². The van der Waals surface area contributed by atoms with Crippen molar-refractivity contribution in [3.63, 3.8) is 0 Å². The van der Waals surface area contributed by atoms with E-state index >= 15 is 0 Å². The number of aliphatic hydroxyl groups is 1. The number of carbonyl (C=O) groups excluding carboxylic acids is 1. The van der Waals surface area contributed by atoms with Gasteiger partial charge in [-0.3, -0.25) is 9.78 Å². The second-order valence-corrected chi connectivity index (χ2v) is 8.27. The fraction of sp³-hybridized carbons (Fsp3) is 0.455. The maximum Gasteiger partial charge on any atom is 0.253 e. The number of hydrogen-bond acceptors (Lipinski definition) is 4. The molecule has 1 amide bonds. The van der Waals surface area contributed by atoms with E-state index < -0.39 is 12.1 Å². The van der Waals surface area contributed by atoms with Gasteiger partial charge in [0.25, 0.3) is 5.91 Å². The summed E-state index contributed by atoms with van der Waals surface area (Å²) in [5, 5.41) is 13.6. The van der Waals surface area contributed by atoms with Gasteiger partial charge in [-0.2, -0.15) is 0 Å². The molecule has 2 atom stereocenters. The Morgan fingerprint density at radius 3 is 2.45 bits per heavy atom. The highest BCUT2D eigenvalue weighted by Gasteiger charge is 2.22. The molecule has 0 radical (unpaired) electrons. The van der Waals surface area contributed by atoms with Crippen LogP contribution in [0.4, 0.5) is 0 Å². The average molecular weight is 442 g/mol. The fourth-order valence-electron chi connectivity index (χ4n) is 2.97. The molecule has 0 saturated carbocycles. The monoisotopic (exact) mass is 441 g/mol. The van der Waals surface area contributed by atoms with Crippen molar-refractivity contribution in [1.82, 2.24) is 10.3 Å². The smallest absolute Gasteiger partial charge is 0.253 e. The highest BCUT2D eigenvalue weighted by atomic mass is 35.5. The van der Waals surface area contributed by atoms with Crippen molar-refractivity contribution in [2.75, 3.05) is 0 Å². The number of nitrogens with zero attached hydrogens (tertiary/aromatic N) is 1. The molecule has 29 heavy (non-hydrogen) atoms. The lowest BCUT2D eigenvalue weighted by molar-refractivity contribution is 0.0916. The lowest BCUT2D eigenvalue weighted by Crippen LogP contribution is -2.42. The zero-order chi connectivity index (χ0) is 20.2. The lowest BCUT2D eigenvalue weighted by atomic mass is 9.94.